The van der Waals surface area contributed by atoms with Crippen LogP contribution in [0.1, 0.15) is 24.0 Å². The Morgan fingerprint density at radius 1 is 0.920 bits per heavy atom. The van der Waals surface area contributed by atoms with Gasteiger partial charge in [-0.3, -0.25) is 0 Å². The van der Waals surface area contributed by atoms with Gasteiger partial charge < -0.3 is 9.30 Å². The maximum absolute atomic E-state index is 5.24. The number of aromatic nitrogens is 2. The molecule has 0 saturated heterocycles. The summed E-state index contributed by atoms with van der Waals surface area (Å²) in [4.78, 5) is 4.18. The molecule has 1 unspecified atom stereocenters. The fourth-order valence-electron chi connectivity index (χ4n) is 3.20. The van der Waals surface area contributed by atoms with Crippen LogP contribution in [-0.4, -0.2) is 16.7 Å². The Kier molecular flexibility index (Phi) is 6.27. The first-order valence-corrected chi connectivity index (χ1v) is 8.96. The van der Waals surface area contributed by atoms with E-state index in [4.69, 9.17) is 4.74 Å². The van der Waals surface area contributed by atoms with Crippen LogP contribution in [0.25, 0.3) is 0 Å². The van der Waals surface area contributed by atoms with Crippen LogP contribution in [0.3, 0.4) is 0 Å². The molecule has 130 valence electrons. The second-order valence-corrected chi connectivity index (χ2v) is 6.54. The highest BCUT2D eigenvalue weighted by Gasteiger charge is 2.11. The molecule has 0 fully saturated rings. The number of rotatable bonds is 9. The van der Waals surface area contributed by atoms with E-state index in [0.29, 0.717) is 5.92 Å². The first-order chi connectivity index (χ1) is 12.3. The minimum Gasteiger partial charge on any atom is -0.497 e. The van der Waals surface area contributed by atoms with Gasteiger partial charge in [-0.1, -0.05) is 42.5 Å². The number of hydrogen-bond acceptors (Lipinski definition) is 2. The van der Waals surface area contributed by atoms with Crippen molar-refractivity contribution in [2.75, 3.05) is 7.11 Å². The summed E-state index contributed by atoms with van der Waals surface area (Å²) in [6.45, 7) is 1.03. The molecule has 3 aromatic rings. The van der Waals surface area contributed by atoms with E-state index >= 15 is 0 Å². The van der Waals surface area contributed by atoms with Crippen LogP contribution in [0.5, 0.6) is 5.75 Å². The lowest BCUT2D eigenvalue weighted by Gasteiger charge is -2.18. The molecule has 0 aliphatic heterocycles. The molecule has 1 atom stereocenters. The molecule has 0 aliphatic carbocycles. The number of aryl methyl sites for hydroxylation is 2. The smallest absolute Gasteiger partial charge is 0.118 e. The van der Waals surface area contributed by atoms with Crippen LogP contribution in [0, 0.1) is 5.92 Å². The van der Waals surface area contributed by atoms with Gasteiger partial charge in [-0.15, -0.1) is 0 Å². The highest BCUT2D eigenvalue weighted by molar-refractivity contribution is 5.27. The van der Waals surface area contributed by atoms with Crippen LogP contribution in [0.15, 0.2) is 73.3 Å². The second-order valence-electron chi connectivity index (χ2n) is 6.54. The molecule has 0 aliphatic rings. The lowest BCUT2D eigenvalue weighted by Crippen LogP contribution is -2.12. The lowest BCUT2D eigenvalue weighted by atomic mass is 9.93. The maximum atomic E-state index is 5.24. The Morgan fingerprint density at radius 3 is 2.20 bits per heavy atom. The summed E-state index contributed by atoms with van der Waals surface area (Å²) < 4.78 is 7.44. The molecule has 1 aromatic heterocycles. The van der Waals surface area contributed by atoms with Gasteiger partial charge in [0.2, 0.25) is 0 Å². The average molecular weight is 334 g/mol. The topological polar surface area (TPSA) is 27.1 Å². The summed E-state index contributed by atoms with van der Waals surface area (Å²) in [7, 11) is 1.71. The van der Waals surface area contributed by atoms with Crippen LogP contribution in [0.4, 0.5) is 0 Å². The van der Waals surface area contributed by atoms with Crippen molar-refractivity contribution >= 4 is 0 Å². The summed E-state index contributed by atoms with van der Waals surface area (Å²) in [5.41, 5.74) is 2.79. The molecule has 0 spiro atoms. The third-order valence-electron chi connectivity index (χ3n) is 4.71. The highest BCUT2D eigenvalue weighted by atomic mass is 16.5. The quantitative estimate of drug-likeness (QED) is 0.563. The fraction of sp³-hybridized carbons (Fsp3) is 0.318. The van der Waals surface area contributed by atoms with Crippen molar-refractivity contribution in [2.24, 2.45) is 5.92 Å². The predicted octanol–water partition coefficient (Wildman–Crippen LogP) is 4.77. The minimum atomic E-state index is 0.636. The number of benzene rings is 2. The van der Waals surface area contributed by atoms with Gasteiger partial charge in [0, 0.05) is 18.9 Å². The van der Waals surface area contributed by atoms with E-state index in [1.807, 2.05) is 24.7 Å². The van der Waals surface area contributed by atoms with Crippen LogP contribution < -0.4 is 4.74 Å². The Morgan fingerprint density at radius 2 is 1.60 bits per heavy atom. The highest BCUT2D eigenvalue weighted by Crippen LogP contribution is 2.20. The van der Waals surface area contributed by atoms with E-state index in [-0.39, 0.29) is 0 Å². The van der Waals surface area contributed by atoms with Gasteiger partial charge >= 0.3 is 0 Å². The zero-order valence-electron chi connectivity index (χ0n) is 14.8. The first-order valence-electron chi connectivity index (χ1n) is 8.96. The van der Waals surface area contributed by atoms with Crippen LogP contribution in [0.2, 0.25) is 0 Å². The van der Waals surface area contributed by atoms with Crippen LogP contribution in [-0.2, 0) is 19.4 Å². The number of hydrogen-bond donors (Lipinski definition) is 0. The van der Waals surface area contributed by atoms with E-state index in [1.165, 1.54) is 24.0 Å². The average Bonchev–Trinajstić information content (AvgIpc) is 3.18. The zero-order valence-corrected chi connectivity index (χ0v) is 14.8. The molecule has 1 heterocycles. The number of ether oxygens (including phenoxy) is 1. The third kappa shape index (κ3) is 5.49. The Hall–Kier alpha value is -2.55. The molecule has 0 N–H and O–H groups in total. The van der Waals surface area contributed by atoms with E-state index in [0.717, 1.165) is 25.1 Å². The molecule has 0 amide bonds. The summed E-state index contributed by atoms with van der Waals surface area (Å²) in [5, 5.41) is 0. The Labute approximate surface area is 150 Å². The standard InChI is InChI=1S/C22H26N2O/c1-25-22-13-11-20(12-14-22)8-10-21(17-24-16-15-23-18-24)9-7-19-5-3-2-4-6-19/h2-6,11-16,18,21H,7-10,17H2,1H3. The van der Waals surface area contributed by atoms with Gasteiger partial charge in [-0.25, -0.2) is 4.98 Å². The van der Waals surface area contributed by atoms with Gasteiger partial charge in [-0.2, -0.15) is 0 Å². The van der Waals surface area contributed by atoms with Crippen molar-refractivity contribution in [2.45, 2.75) is 32.2 Å². The van der Waals surface area contributed by atoms with Crippen molar-refractivity contribution in [1.29, 1.82) is 0 Å². The molecular weight excluding hydrogens is 308 g/mol. The number of methoxy groups -OCH3 is 1. The van der Waals surface area contributed by atoms with Crippen molar-refractivity contribution in [1.82, 2.24) is 9.55 Å². The summed E-state index contributed by atoms with van der Waals surface area (Å²) in [5.74, 6) is 1.55. The molecule has 25 heavy (non-hydrogen) atoms. The zero-order chi connectivity index (χ0) is 17.3. The van der Waals surface area contributed by atoms with Gasteiger partial charge in [0.25, 0.3) is 0 Å². The van der Waals surface area contributed by atoms with E-state index in [1.54, 1.807) is 7.11 Å². The maximum Gasteiger partial charge on any atom is 0.118 e. The Balaban J connectivity index is 1.58. The van der Waals surface area contributed by atoms with Crippen molar-refractivity contribution < 1.29 is 4.74 Å². The molecule has 0 bridgehead atoms. The molecule has 2 aromatic carbocycles. The van der Waals surface area contributed by atoms with Crippen molar-refractivity contribution in [3.05, 3.63) is 84.4 Å². The molecule has 3 nitrogen and oxygen atoms in total. The largest absolute Gasteiger partial charge is 0.497 e. The van der Waals surface area contributed by atoms with Crippen LogP contribution >= 0.6 is 0 Å². The SMILES string of the molecule is COc1ccc(CCC(CCc2ccccc2)Cn2ccnc2)cc1. The fourth-order valence-corrected chi connectivity index (χ4v) is 3.20. The summed E-state index contributed by atoms with van der Waals surface area (Å²) >= 11 is 0. The van der Waals surface area contributed by atoms with Gasteiger partial charge in [0.1, 0.15) is 5.75 Å². The Bertz CT molecular complexity index is 720. The number of nitrogens with zero attached hydrogens (tertiary/aromatic N) is 2. The molecule has 0 radical (unpaired) electrons. The molecule has 3 heteroatoms. The lowest BCUT2D eigenvalue weighted by molar-refractivity contribution is 0.388. The van der Waals surface area contributed by atoms with Gasteiger partial charge in [0.05, 0.1) is 13.4 Å². The normalized spacial score (nSPS) is 12.0. The second kappa shape index (κ2) is 9.07. The molecular formula is C22H26N2O. The van der Waals surface area contributed by atoms with E-state index < -0.39 is 0 Å². The van der Waals surface area contributed by atoms with E-state index in [2.05, 4.69) is 58.2 Å². The van der Waals surface area contributed by atoms with Gasteiger partial charge in [0.15, 0.2) is 0 Å². The minimum absolute atomic E-state index is 0.636. The van der Waals surface area contributed by atoms with Crippen molar-refractivity contribution in [3.8, 4) is 5.75 Å². The third-order valence-corrected chi connectivity index (χ3v) is 4.71. The first kappa shape index (κ1) is 17.3. The molecule has 3 rings (SSSR count). The van der Waals surface area contributed by atoms with Gasteiger partial charge in [-0.05, 0) is 54.9 Å². The monoisotopic (exact) mass is 334 g/mol. The number of imidazole rings is 1. The predicted molar refractivity (Wildman–Crippen MR) is 102 cm³/mol. The van der Waals surface area contributed by atoms with E-state index in [9.17, 15) is 0 Å². The summed E-state index contributed by atoms with van der Waals surface area (Å²) in [6.07, 6.45) is 10.4. The molecule has 0 saturated carbocycles. The summed E-state index contributed by atoms with van der Waals surface area (Å²) in [6, 6.07) is 19.2. The van der Waals surface area contributed by atoms with Crippen molar-refractivity contribution in [3.63, 3.8) is 0 Å².